The smallest absolute Gasteiger partial charge is 0.234 e. The number of ether oxygens (including phenoxy) is 1. The maximum absolute atomic E-state index is 12.7. The Labute approximate surface area is 201 Å². The number of carbonyl (C=O) groups excluding carboxylic acids is 1. The summed E-state index contributed by atoms with van der Waals surface area (Å²) in [5, 5.41) is 12.3. The summed E-state index contributed by atoms with van der Waals surface area (Å²) >= 11 is 1.35. The van der Waals surface area contributed by atoms with Gasteiger partial charge in [-0.05, 0) is 35.9 Å². The lowest BCUT2D eigenvalue weighted by Gasteiger charge is -2.29. The van der Waals surface area contributed by atoms with Crippen molar-refractivity contribution in [3.05, 3.63) is 78.6 Å². The minimum absolute atomic E-state index is 0.0991. The van der Waals surface area contributed by atoms with Crippen molar-refractivity contribution in [2.24, 2.45) is 0 Å². The molecule has 2 aromatic heterocycles. The Morgan fingerprint density at radius 2 is 1.85 bits per heavy atom. The second kappa shape index (κ2) is 10.6. The van der Waals surface area contributed by atoms with Gasteiger partial charge in [0.05, 0.1) is 31.8 Å². The number of hydrogen-bond donors (Lipinski definition) is 1. The molecule has 1 N–H and O–H groups in total. The summed E-state index contributed by atoms with van der Waals surface area (Å²) in [4.78, 5) is 15.0. The molecular weight excluding hydrogens is 450 g/mol. The fourth-order valence-corrected chi connectivity index (χ4v) is 4.56. The van der Waals surface area contributed by atoms with Crippen molar-refractivity contribution >= 4 is 29.0 Å². The van der Waals surface area contributed by atoms with E-state index in [1.807, 2.05) is 53.1 Å². The van der Waals surface area contributed by atoms with Crippen LogP contribution in [0.2, 0.25) is 0 Å². The van der Waals surface area contributed by atoms with Gasteiger partial charge >= 0.3 is 0 Å². The van der Waals surface area contributed by atoms with Gasteiger partial charge in [-0.15, -0.1) is 10.2 Å². The topological polar surface area (TPSA) is 85.4 Å². The molecule has 3 heterocycles. The summed E-state index contributed by atoms with van der Waals surface area (Å²) in [6.45, 7) is 3.72. The van der Waals surface area contributed by atoms with E-state index in [4.69, 9.17) is 9.15 Å². The number of furan rings is 1. The highest BCUT2D eigenvalue weighted by molar-refractivity contribution is 7.99. The summed E-state index contributed by atoms with van der Waals surface area (Å²) in [5.74, 6) is 1.39. The van der Waals surface area contributed by atoms with Crippen LogP contribution in [0.25, 0.3) is 11.6 Å². The molecule has 1 fully saturated rings. The number of thioether (sulfide) groups is 1. The molecule has 1 aliphatic rings. The number of benzene rings is 2. The van der Waals surface area contributed by atoms with Crippen molar-refractivity contribution in [2.45, 2.75) is 11.7 Å². The Kier molecular flexibility index (Phi) is 6.92. The van der Waals surface area contributed by atoms with E-state index in [9.17, 15) is 4.79 Å². The zero-order chi connectivity index (χ0) is 23.2. The van der Waals surface area contributed by atoms with Crippen molar-refractivity contribution in [2.75, 3.05) is 42.3 Å². The van der Waals surface area contributed by atoms with Gasteiger partial charge in [0, 0.05) is 24.5 Å². The number of anilines is 2. The van der Waals surface area contributed by atoms with Crippen LogP contribution in [-0.2, 0) is 16.1 Å². The lowest BCUT2D eigenvalue weighted by Crippen LogP contribution is -2.36. The van der Waals surface area contributed by atoms with E-state index in [-0.39, 0.29) is 11.7 Å². The van der Waals surface area contributed by atoms with Gasteiger partial charge in [0.25, 0.3) is 0 Å². The highest BCUT2D eigenvalue weighted by atomic mass is 32.2. The van der Waals surface area contributed by atoms with Crippen LogP contribution in [0.1, 0.15) is 5.56 Å². The minimum Gasteiger partial charge on any atom is -0.461 e. The lowest BCUT2D eigenvalue weighted by molar-refractivity contribution is -0.113. The largest absolute Gasteiger partial charge is 0.461 e. The van der Waals surface area contributed by atoms with E-state index in [1.54, 1.807) is 6.26 Å². The van der Waals surface area contributed by atoms with Crippen LogP contribution < -0.4 is 10.2 Å². The van der Waals surface area contributed by atoms with E-state index in [0.29, 0.717) is 23.3 Å². The van der Waals surface area contributed by atoms with E-state index in [1.165, 1.54) is 11.8 Å². The number of nitrogens with zero attached hydrogens (tertiary/aromatic N) is 4. The van der Waals surface area contributed by atoms with Crippen molar-refractivity contribution in [3.8, 4) is 11.6 Å². The fourth-order valence-electron chi connectivity index (χ4n) is 3.82. The molecule has 1 amide bonds. The Morgan fingerprint density at radius 3 is 2.65 bits per heavy atom. The van der Waals surface area contributed by atoms with Gasteiger partial charge in [-0.2, -0.15) is 0 Å². The normalized spacial score (nSPS) is 13.7. The molecule has 1 aliphatic heterocycles. The quantitative estimate of drug-likeness (QED) is 0.383. The number of nitrogens with one attached hydrogen (secondary N) is 1. The third-order valence-corrected chi connectivity index (χ3v) is 6.45. The Balaban J connectivity index is 1.27. The molecule has 0 atom stereocenters. The predicted octanol–water partition coefficient (Wildman–Crippen LogP) is 4.15. The molecule has 4 aromatic rings. The molecule has 0 unspecified atom stereocenters. The average Bonchev–Trinajstić information content (AvgIpc) is 3.54. The standard InChI is InChI=1S/C25H25N5O3S/c31-23(26-20-8-4-9-21(16-20)29-11-14-32-15-12-29)18-34-25-28-27-24(22-10-5-13-33-22)30(25)17-19-6-2-1-3-7-19/h1-10,13,16H,11-12,14-15,17-18H2,(H,26,31). The van der Waals surface area contributed by atoms with Crippen molar-refractivity contribution in [1.29, 1.82) is 0 Å². The number of carbonyl (C=O) groups is 1. The highest BCUT2D eigenvalue weighted by Gasteiger charge is 2.18. The molecule has 5 rings (SSSR count). The van der Waals surface area contributed by atoms with E-state index in [2.05, 4.69) is 38.6 Å². The van der Waals surface area contributed by atoms with Gasteiger partial charge in [0.2, 0.25) is 11.7 Å². The van der Waals surface area contributed by atoms with E-state index >= 15 is 0 Å². The second-order valence-corrected chi connectivity index (χ2v) is 8.78. The first-order valence-electron chi connectivity index (χ1n) is 11.1. The molecule has 0 bridgehead atoms. The first kappa shape index (κ1) is 22.2. The molecule has 0 spiro atoms. The van der Waals surface area contributed by atoms with Gasteiger partial charge in [-0.1, -0.05) is 48.2 Å². The average molecular weight is 476 g/mol. The van der Waals surface area contributed by atoms with Gasteiger partial charge in [0.15, 0.2) is 10.9 Å². The molecule has 9 heteroatoms. The highest BCUT2D eigenvalue weighted by Crippen LogP contribution is 2.26. The van der Waals surface area contributed by atoms with Gasteiger partial charge in [0.1, 0.15) is 0 Å². The monoisotopic (exact) mass is 475 g/mol. The minimum atomic E-state index is -0.0991. The summed E-state index contributed by atoms with van der Waals surface area (Å²) < 4.78 is 13.0. The maximum Gasteiger partial charge on any atom is 0.234 e. The third-order valence-electron chi connectivity index (χ3n) is 5.48. The van der Waals surface area contributed by atoms with Gasteiger partial charge < -0.3 is 19.4 Å². The van der Waals surface area contributed by atoms with Crippen molar-refractivity contribution in [3.63, 3.8) is 0 Å². The number of rotatable bonds is 8. The second-order valence-electron chi connectivity index (χ2n) is 7.84. The first-order valence-corrected chi connectivity index (χ1v) is 12.1. The number of morpholine rings is 1. The predicted molar refractivity (Wildman–Crippen MR) is 132 cm³/mol. The van der Waals surface area contributed by atoms with Crippen molar-refractivity contribution in [1.82, 2.24) is 14.8 Å². The molecule has 0 radical (unpaired) electrons. The number of amides is 1. The van der Waals surface area contributed by atoms with E-state index < -0.39 is 0 Å². The van der Waals surface area contributed by atoms with Crippen LogP contribution in [-0.4, -0.2) is 52.7 Å². The number of hydrogen-bond acceptors (Lipinski definition) is 7. The van der Waals surface area contributed by atoms with Crippen LogP contribution in [0.3, 0.4) is 0 Å². The van der Waals surface area contributed by atoms with Crippen molar-refractivity contribution < 1.29 is 13.9 Å². The molecule has 0 saturated carbocycles. The van der Waals surface area contributed by atoms with Crippen LogP contribution in [0.15, 0.2) is 82.6 Å². The van der Waals surface area contributed by atoms with Crippen LogP contribution in [0.4, 0.5) is 11.4 Å². The molecule has 174 valence electrons. The number of aromatic nitrogens is 3. The molecule has 8 nitrogen and oxygen atoms in total. The first-order chi connectivity index (χ1) is 16.8. The molecule has 2 aromatic carbocycles. The SMILES string of the molecule is O=C(CSc1nnc(-c2ccco2)n1Cc1ccccc1)Nc1cccc(N2CCOCC2)c1. The van der Waals surface area contributed by atoms with Crippen LogP contribution in [0, 0.1) is 0 Å². The zero-order valence-corrected chi connectivity index (χ0v) is 19.4. The molecular formula is C25H25N5O3S. The fraction of sp³-hybridized carbons (Fsp3) is 0.240. The summed E-state index contributed by atoms with van der Waals surface area (Å²) in [6, 6.07) is 21.7. The van der Waals surface area contributed by atoms with Gasteiger partial charge in [-0.25, -0.2) is 0 Å². The lowest BCUT2D eigenvalue weighted by atomic mass is 10.2. The van der Waals surface area contributed by atoms with Gasteiger partial charge in [-0.3, -0.25) is 9.36 Å². The Morgan fingerprint density at radius 1 is 1.00 bits per heavy atom. The molecule has 34 heavy (non-hydrogen) atoms. The van der Waals surface area contributed by atoms with Crippen LogP contribution in [0.5, 0.6) is 0 Å². The summed E-state index contributed by atoms with van der Waals surface area (Å²) in [6.07, 6.45) is 1.61. The Hall–Kier alpha value is -3.56. The maximum atomic E-state index is 12.7. The zero-order valence-electron chi connectivity index (χ0n) is 18.6. The van der Waals surface area contributed by atoms with E-state index in [0.717, 1.165) is 43.2 Å². The van der Waals surface area contributed by atoms with Crippen LogP contribution >= 0.6 is 11.8 Å². The summed E-state index contributed by atoms with van der Waals surface area (Å²) in [7, 11) is 0. The molecule has 0 aliphatic carbocycles. The molecule has 1 saturated heterocycles. The Bertz CT molecular complexity index is 1220. The summed E-state index contributed by atoms with van der Waals surface area (Å²) in [5.41, 5.74) is 2.97. The third kappa shape index (κ3) is 5.32.